The quantitative estimate of drug-likeness (QED) is 0.366. The molecule has 0 atom stereocenters. The van der Waals surface area contributed by atoms with Crippen LogP contribution in [-0.2, 0) is 6.54 Å². The van der Waals surface area contributed by atoms with Gasteiger partial charge in [0.2, 0.25) is 0 Å². The maximum Gasteiger partial charge on any atom is 0.191 e. The summed E-state index contributed by atoms with van der Waals surface area (Å²) in [6.07, 6.45) is 1.08. The summed E-state index contributed by atoms with van der Waals surface area (Å²) in [6.45, 7) is 7.01. The number of aliphatic imine (C=N–C) groups is 1. The van der Waals surface area contributed by atoms with E-state index in [0.29, 0.717) is 6.54 Å². The summed E-state index contributed by atoms with van der Waals surface area (Å²) in [5.41, 5.74) is 2.38. The van der Waals surface area contributed by atoms with Crippen LogP contribution in [0.4, 0.5) is 5.69 Å². The minimum atomic E-state index is 0.633. The van der Waals surface area contributed by atoms with Crippen molar-refractivity contribution in [1.29, 1.82) is 0 Å². The minimum absolute atomic E-state index is 0.633. The van der Waals surface area contributed by atoms with Gasteiger partial charge in [0, 0.05) is 63.6 Å². The van der Waals surface area contributed by atoms with Crippen molar-refractivity contribution in [2.24, 2.45) is 4.99 Å². The van der Waals surface area contributed by atoms with Gasteiger partial charge >= 0.3 is 0 Å². The first-order valence-corrected chi connectivity index (χ1v) is 10.9. The molecule has 2 N–H and O–H groups in total. The summed E-state index contributed by atoms with van der Waals surface area (Å²) in [5, 5.41) is 6.77. The molecule has 3 rings (SSSR count). The Hall–Kier alpha value is -2.93. The third-order valence-corrected chi connectivity index (χ3v) is 5.60. The molecule has 168 valence electrons. The van der Waals surface area contributed by atoms with E-state index in [0.717, 1.165) is 68.7 Å². The van der Waals surface area contributed by atoms with Crippen LogP contribution in [0.25, 0.3) is 0 Å². The van der Waals surface area contributed by atoms with Gasteiger partial charge in [-0.25, -0.2) is 0 Å². The fourth-order valence-electron chi connectivity index (χ4n) is 3.78. The van der Waals surface area contributed by atoms with Gasteiger partial charge in [0.1, 0.15) is 11.5 Å². The molecule has 1 heterocycles. The lowest BCUT2D eigenvalue weighted by atomic mass is 10.2. The van der Waals surface area contributed by atoms with E-state index in [1.54, 1.807) is 21.3 Å². The van der Waals surface area contributed by atoms with E-state index in [2.05, 4.69) is 55.8 Å². The maximum absolute atomic E-state index is 5.47. The molecule has 1 fully saturated rings. The Morgan fingerprint density at radius 2 is 1.74 bits per heavy atom. The van der Waals surface area contributed by atoms with Crippen molar-refractivity contribution in [2.75, 3.05) is 65.4 Å². The Morgan fingerprint density at radius 3 is 2.42 bits per heavy atom. The first-order chi connectivity index (χ1) is 15.2. The van der Waals surface area contributed by atoms with Crippen LogP contribution in [0.3, 0.4) is 0 Å². The van der Waals surface area contributed by atoms with Crippen molar-refractivity contribution >= 4 is 11.6 Å². The Morgan fingerprint density at radius 1 is 0.968 bits per heavy atom. The number of para-hydroxylation sites is 1. The van der Waals surface area contributed by atoms with Gasteiger partial charge < -0.3 is 25.0 Å². The maximum atomic E-state index is 5.47. The second kappa shape index (κ2) is 12.1. The number of guanidine groups is 1. The van der Waals surface area contributed by atoms with Crippen molar-refractivity contribution in [1.82, 2.24) is 15.5 Å². The number of piperazine rings is 1. The predicted octanol–water partition coefficient (Wildman–Crippen LogP) is 2.58. The fraction of sp³-hybridized carbons (Fsp3) is 0.458. The second-order valence-corrected chi connectivity index (χ2v) is 7.55. The lowest BCUT2D eigenvalue weighted by molar-refractivity contribution is 0.255. The molecule has 1 saturated heterocycles. The number of anilines is 1. The van der Waals surface area contributed by atoms with Crippen LogP contribution in [0.2, 0.25) is 0 Å². The summed E-state index contributed by atoms with van der Waals surface area (Å²) < 4.78 is 10.7. The van der Waals surface area contributed by atoms with Crippen LogP contribution in [0.1, 0.15) is 12.0 Å². The van der Waals surface area contributed by atoms with Gasteiger partial charge in [-0.1, -0.05) is 18.2 Å². The smallest absolute Gasteiger partial charge is 0.191 e. The summed E-state index contributed by atoms with van der Waals surface area (Å²) in [6, 6.07) is 16.5. The molecule has 0 spiro atoms. The number of hydrogen-bond donors (Lipinski definition) is 2. The van der Waals surface area contributed by atoms with E-state index in [9.17, 15) is 0 Å². The third-order valence-electron chi connectivity index (χ3n) is 5.60. The first kappa shape index (κ1) is 22.7. The van der Waals surface area contributed by atoms with Gasteiger partial charge in [-0.15, -0.1) is 0 Å². The zero-order valence-electron chi connectivity index (χ0n) is 18.9. The van der Waals surface area contributed by atoms with E-state index < -0.39 is 0 Å². The minimum Gasteiger partial charge on any atom is -0.497 e. The average Bonchev–Trinajstić information content (AvgIpc) is 2.84. The summed E-state index contributed by atoms with van der Waals surface area (Å²) >= 11 is 0. The molecule has 0 saturated carbocycles. The monoisotopic (exact) mass is 425 g/mol. The van der Waals surface area contributed by atoms with Crippen LogP contribution in [-0.4, -0.2) is 71.4 Å². The lowest BCUT2D eigenvalue weighted by Gasteiger charge is -2.36. The fourth-order valence-corrected chi connectivity index (χ4v) is 3.78. The highest BCUT2D eigenvalue weighted by molar-refractivity contribution is 5.79. The molecule has 7 heteroatoms. The van der Waals surface area contributed by atoms with E-state index >= 15 is 0 Å². The zero-order valence-corrected chi connectivity index (χ0v) is 18.9. The topological polar surface area (TPSA) is 61.4 Å². The normalized spacial score (nSPS) is 14.9. The third kappa shape index (κ3) is 6.79. The molecule has 0 amide bonds. The molecular formula is C24H35N5O2. The largest absolute Gasteiger partial charge is 0.497 e. The summed E-state index contributed by atoms with van der Waals surface area (Å²) in [5.74, 6) is 2.39. The molecular weight excluding hydrogens is 390 g/mol. The number of nitrogens with zero attached hydrogens (tertiary/aromatic N) is 3. The van der Waals surface area contributed by atoms with E-state index in [1.165, 1.54) is 5.69 Å². The average molecular weight is 426 g/mol. The number of benzene rings is 2. The van der Waals surface area contributed by atoms with Crippen LogP contribution < -0.4 is 25.0 Å². The molecule has 31 heavy (non-hydrogen) atoms. The number of hydrogen-bond acceptors (Lipinski definition) is 5. The first-order valence-electron chi connectivity index (χ1n) is 10.9. The summed E-state index contributed by atoms with van der Waals surface area (Å²) in [4.78, 5) is 9.34. The van der Waals surface area contributed by atoms with Crippen molar-refractivity contribution < 1.29 is 9.47 Å². The highest BCUT2D eigenvalue weighted by atomic mass is 16.5. The van der Waals surface area contributed by atoms with Gasteiger partial charge in [0.15, 0.2) is 5.96 Å². The van der Waals surface area contributed by atoms with Crippen molar-refractivity contribution in [3.8, 4) is 11.5 Å². The standard InChI is InChI=1S/C24H35N5O2/c1-25-24(27-19-20-10-11-22(30-2)18-23(20)31-3)26-12-7-13-28-14-16-29(17-15-28)21-8-5-4-6-9-21/h4-6,8-11,18H,7,12-17,19H2,1-3H3,(H2,25,26,27). The van der Waals surface area contributed by atoms with Crippen LogP contribution in [0, 0.1) is 0 Å². The summed E-state index contributed by atoms with van der Waals surface area (Å²) in [7, 11) is 5.12. The highest BCUT2D eigenvalue weighted by Gasteiger charge is 2.16. The van der Waals surface area contributed by atoms with Gasteiger partial charge in [-0.3, -0.25) is 9.89 Å². The molecule has 0 aliphatic carbocycles. The SMILES string of the molecule is CN=C(NCCCN1CCN(c2ccccc2)CC1)NCc1ccc(OC)cc1OC. The number of ether oxygens (including phenoxy) is 2. The molecule has 2 aromatic rings. The molecule has 1 aliphatic heterocycles. The van der Waals surface area contributed by atoms with Crippen molar-refractivity contribution in [3.05, 3.63) is 54.1 Å². The molecule has 0 radical (unpaired) electrons. The molecule has 7 nitrogen and oxygen atoms in total. The molecule has 1 aliphatic rings. The zero-order chi connectivity index (χ0) is 21.9. The highest BCUT2D eigenvalue weighted by Crippen LogP contribution is 2.24. The van der Waals surface area contributed by atoms with E-state index in [-0.39, 0.29) is 0 Å². The molecule has 2 aromatic carbocycles. The van der Waals surface area contributed by atoms with Gasteiger partial charge in [-0.05, 0) is 37.2 Å². The Labute approximate surface area is 186 Å². The van der Waals surface area contributed by atoms with Crippen molar-refractivity contribution in [3.63, 3.8) is 0 Å². The lowest BCUT2D eigenvalue weighted by Crippen LogP contribution is -2.47. The van der Waals surface area contributed by atoms with Crippen LogP contribution in [0.15, 0.2) is 53.5 Å². The van der Waals surface area contributed by atoms with Crippen LogP contribution >= 0.6 is 0 Å². The predicted molar refractivity (Wildman–Crippen MR) is 127 cm³/mol. The molecule has 0 bridgehead atoms. The van der Waals surface area contributed by atoms with Gasteiger partial charge in [0.05, 0.1) is 14.2 Å². The Bertz CT molecular complexity index is 820. The number of rotatable bonds is 9. The van der Waals surface area contributed by atoms with Crippen molar-refractivity contribution in [2.45, 2.75) is 13.0 Å². The Balaban J connectivity index is 1.34. The van der Waals surface area contributed by atoms with Crippen LogP contribution in [0.5, 0.6) is 11.5 Å². The van der Waals surface area contributed by atoms with E-state index in [4.69, 9.17) is 9.47 Å². The number of methoxy groups -OCH3 is 2. The Kier molecular flexibility index (Phi) is 8.84. The molecule has 0 unspecified atom stereocenters. The number of nitrogens with one attached hydrogen (secondary N) is 2. The molecule has 0 aromatic heterocycles. The van der Waals surface area contributed by atoms with Gasteiger partial charge in [-0.2, -0.15) is 0 Å². The van der Waals surface area contributed by atoms with Gasteiger partial charge in [0.25, 0.3) is 0 Å². The van der Waals surface area contributed by atoms with E-state index in [1.807, 2.05) is 18.2 Å². The second-order valence-electron chi connectivity index (χ2n) is 7.55.